The van der Waals surface area contributed by atoms with E-state index in [2.05, 4.69) is 25.9 Å². The largest absolute Gasteiger partial charge is 0.507 e. The molecule has 0 atom stereocenters. The van der Waals surface area contributed by atoms with Crippen molar-refractivity contribution >= 4 is 27.5 Å². The molecule has 106 valence electrons. The zero-order valence-electron chi connectivity index (χ0n) is 11.4. The van der Waals surface area contributed by atoms with Crippen molar-refractivity contribution in [2.24, 2.45) is 0 Å². The Morgan fingerprint density at radius 2 is 1.85 bits per heavy atom. The number of hydrogen-bond donors (Lipinski definition) is 1. The highest BCUT2D eigenvalue weighted by Gasteiger charge is 2.13. The number of phenolic OH excluding ortho intramolecular Hbond substituents is 1. The standard InChI is InChI=1S/C14H14BrClN2O2/c1-7-4-9(5-8(2)12(7)19)14-17-10(6-20-3)11(15)13(16)18-14/h4-5,19H,6H2,1-3H3. The second-order valence-corrected chi connectivity index (χ2v) is 5.64. The molecule has 0 spiro atoms. The number of aromatic nitrogens is 2. The van der Waals surface area contributed by atoms with Crippen molar-refractivity contribution in [2.75, 3.05) is 7.11 Å². The average Bonchev–Trinajstić information content (AvgIpc) is 2.40. The number of rotatable bonds is 3. The van der Waals surface area contributed by atoms with Gasteiger partial charge in [-0.2, -0.15) is 0 Å². The topological polar surface area (TPSA) is 55.2 Å². The second-order valence-electron chi connectivity index (χ2n) is 4.49. The van der Waals surface area contributed by atoms with E-state index in [0.717, 1.165) is 16.7 Å². The fourth-order valence-corrected chi connectivity index (χ4v) is 2.39. The highest BCUT2D eigenvalue weighted by Crippen LogP contribution is 2.31. The van der Waals surface area contributed by atoms with Crippen molar-refractivity contribution in [3.05, 3.63) is 38.6 Å². The Kier molecular flexibility index (Phi) is 4.62. The molecule has 1 N–H and O–H groups in total. The molecular formula is C14H14BrClN2O2. The van der Waals surface area contributed by atoms with E-state index in [1.807, 2.05) is 26.0 Å². The Labute approximate surface area is 130 Å². The van der Waals surface area contributed by atoms with Gasteiger partial charge in [0.2, 0.25) is 0 Å². The maximum absolute atomic E-state index is 9.82. The first-order chi connectivity index (χ1) is 9.43. The first-order valence-electron chi connectivity index (χ1n) is 5.95. The van der Waals surface area contributed by atoms with E-state index in [0.29, 0.717) is 27.8 Å². The Morgan fingerprint density at radius 1 is 1.25 bits per heavy atom. The molecule has 1 aromatic carbocycles. The maximum atomic E-state index is 9.82. The summed E-state index contributed by atoms with van der Waals surface area (Å²) in [6, 6.07) is 3.66. The molecule has 0 aliphatic carbocycles. The summed E-state index contributed by atoms with van der Waals surface area (Å²) < 4.78 is 5.74. The van der Waals surface area contributed by atoms with Crippen LogP contribution in [0.5, 0.6) is 5.75 Å². The van der Waals surface area contributed by atoms with Crippen molar-refractivity contribution in [3.63, 3.8) is 0 Å². The second kappa shape index (κ2) is 6.08. The van der Waals surface area contributed by atoms with Crippen LogP contribution in [-0.2, 0) is 11.3 Å². The molecule has 0 aliphatic heterocycles. The van der Waals surface area contributed by atoms with Crippen molar-refractivity contribution in [1.82, 2.24) is 9.97 Å². The van der Waals surface area contributed by atoms with Gasteiger partial charge in [0.25, 0.3) is 0 Å². The Morgan fingerprint density at radius 3 is 2.40 bits per heavy atom. The highest BCUT2D eigenvalue weighted by molar-refractivity contribution is 9.10. The first-order valence-corrected chi connectivity index (χ1v) is 7.12. The highest BCUT2D eigenvalue weighted by atomic mass is 79.9. The molecule has 0 aliphatic rings. The van der Waals surface area contributed by atoms with Crippen LogP contribution in [0.15, 0.2) is 16.6 Å². The van der Waals surface area contributed by atoms with Crippen molar-refractivity contribution in [1.29, 1.82) is 0 Å². The molecule has 2 rings (SSSR count). The molecule has 20 heavy (non-hydrogen) atoms. The minimum absolute atomic E-state index is 0.286. The van der Waals surface area contributed by atoms with Crippen LogP contribution in [0.25, 0.3) is 11.4 Å². The summed E-state index contributed by atoms with van der Waals surface area (Å²) in [5.41, 5.74) is 3.04. The summed E-state index contributed by atoms with van der Waals surface area (Å²) in [6.07, 6.45) is 0. The van der Waals surface area contributed by atoms with E-state index in [4.69, 9.17) is 16.3 Å². The van der Waals surface area contributed by atoms with Crippen molar-refractivity contribution in [3.8, 4) is 17.1 Å². The van der Waals surface area contributed by atoms with Gasteiger partial charge in [-0.05, 0) is 53.0 Å². The number of halogens is 2. The lowest BCUT2D eigenvalue weighted by molar-refractivity contribution is 0.181. The summed E-state index contributed by atoms with van der Waals surface area (Å²) >= 11 is 9.46. The summed E-state index contributed by atoms with van der Waals surface area (Å²) in [5, 5.41) is 10.2. The fourth-order valence-electron chi connectivity index (χ4n) is 1.91. The lowest BCUT2D eigenvalue weighted by Gasteiger charge is -2.10. The molecule has 2 aromatic rings. The van der Waals surface area contributed by atoms with E-state index in [1.165, 1.54) is 0 Å². The van der Waals surface area contributed by atoms with Crippen LogP contribution in [0.2, 0.25) is 5.15 Å². The minimum atomic E-state index is 0.286. The van der Waals surface area contributed by atoms with E-state index < -0.39 is 0 Å². The smallest absolute Gasteiger partial charge is 0.161 e. The summed E-state index contributed by atoms with van der Waals surface area (Å²) in [6.45, 7) is 4.01. The van der Waals surface area contributed by atoms with E-state index >= 15 is 0 Å². The van der Waals surface area contributed by atoms with E-state index in [1.54, 1.807) is 7.11 Å². The number of aromatic hydroxyl groups is 1. The molecule has 6 heteroatoms. The molecule has 4 nitrogen and oxygen atoms in total. The molecule has 0 radical (unpaired) electrons. The summed E-state index contributed by atoms with van der Waals surface area (Å²) in [7, 11) is 1.59. The number of methoxy groups -OCH3 is 1. The normalized spacial score (nSPS) is 10.8. The van der Waals surface area contributed by atoms with Gasteiger partial charge in [-0.15, -0.1) is 0 Å². The summed E-state index contributed by atoms with van der Waals surface area (Å²) in [4.78, 5) is 8.72. The maximum Gasteiger partial charge on any atom is 0.161 e. The minimum Gasteiger partial charge on any atom is -0.507 e. The predicted octanol–water partition coefficient (Wildman–Crippen LogP) is 4.03. The quantitative estimate of drug-likeness (QED) is 0.843. The van der Waals surface area contributed by atoms with Gasteiger partial charge in [0.05, 0.1) is 16.8 Å². The predicted molar refractivity (Wildman–Crippen MR) is 82.0 cm³/mol. The lowest BCUT2D eigenvalue weighted by atomic mass is 10.1. The molecule has 0 saturated carbocycles. The van der Waals surface area contributed by atoms with E-state index in [9.17, 15) is 5.11 Å². The molecule has 0 fully saturated rings. The summed E-state index contributed by atoms with van der Waals surface area (Å²) in [5.74, 6) is 0.797. The van der Waals surface area contributed by atoms with Gasteiger partial charge in [-0.1, -0.05) is 11.6 Å². The molecular weight excluding hydrogens is 344 g/mol. The number of phenols is 1. The van der Waals surface area contributed by atoms with Crippen LogP contribution >= 0.6 is 27.5 Å². The first kappa shape index (κ1) is 15.2. The Balaban J connectivity index is 2.58. The van der Waals surface area contributed by atoms with Crippen LogP contribution in [0.4, 0.5) is 0 Å². The third kappa shape index (κ3) is 2.95. The third-order valence-corrected chi connectivity index (χ3v) is 4.24. The number of benzene rings is 1. The molecule has 1 heterocycles. The molecule has 0 saturated heterocycles. The van der Waals surface area contributed by atoms with Gasteiger partial charge >= 0.3 is 0 Å². The third-order valence-electron chi connectivity index (χ3n) is 2.91. The van der Waals surface area contributed by atoms with Crippen molar-refractivity contribution in [2.45, 2.75) is 20.5 Å². The van der Waals surface area contributed by atoms with Gasteiger partial charge in [0.1, 0.15) is 10.9 Å². The molecule has 0 amide bonds. The fraction of sp³-hybridized carbons (Fsp3) is 0.286. The van der Waals surface area contributed by atoms with Crippen LogP contribution in [-0.4, -0.2) is 22.2 Å². The van der Waals surface area contributed by atoms with E-state index in [-0.39, 0.29) is 5.75 Å². The van der Waals surface area contributed by atoms with Gasteiger partial charge in [0, 0.05) is 12.7 Å². The number of nitrogens with zero attached hydrogens (tertiary/aromatic N) is 2. The number of hydrogen-bond acceptors (Lipinski definition) is 4. The van der Waals surface area contributed by atoms with Crippen molar-refractivity contribution < 1.29 is 9.84 Å². The van der Waals surface area contributed by atoms with Crippen LogP contribution < -0.4 is 0 Å². The SMILES string of the molecule is COCc1nc(-c2cc(C)c(O)c(C)c2)nc(Cl)c1Br. The molecule has 0 bridgehead atoms. The Hall–Kier alpha value is -1.17. The molecule has 0 unspecified atom stereocenters. The van der Waals surface area contributed by atoms with Crippen LogP contribution in [0.3, 0.4) is 0 Å². The Bertz CT molecular complexity index is 639. The van der Waals surface area contributed by atoms with Gasteiger partial charge in [-0.25, -0.2) is 9.97 Å². The van der Waals surface area contributed by atoms with Gasteiger partial charge < -0.3 is 9.84 Å². The monoisotopic (exact) mass is 356 g/mol. The number of aryl methyl sites for hydroxylation is 2. The number of ether oxygens (including phenoxy) is 1. The molecule has 1 aromatic heterocycles. The van der Waals surface area contributed by atoms with Gasteiger partial charge in [0.15, 0.2) is 5.82 Å². The lowest BCUT2D eigenvalue weighted by Crippen LogP contribution is -2.00. The zero-order chi connectivity index (χ0) is 14.9. The van der Waals surface area contributed by atoms with Crippen LogP contribution in [0.1, 0.15) is 16.8 Å². The van der Waals surface area contributed by atoms with Gasteiger partial charge in [-0.3, -0.25) is 0 Å². The van der Waals surface area contributed by atoms with Crippen LogP contribution in [0, 0.1) is 13.8 Å². The zero-order valence-corrected chi connectivity index (χ0v) is 13.7. The average molecular weight is 358 g/mol.